The Bertz CT molecular complexity index is 445. The van der Waals surface area contributed by atoms with Crippen LogP contribution >= 0.6 is 0 Å². The molecule has 0 amide bonds. The van der Waals surface area contributed by atoms with E-state index in [4.69, 9.17) is 9.84 Å². The van der Waals surface area contributed by atoms with E-state index in [0.29, 0.717) is 24.9 Å². The van der Waals surface area contributed by atoms with E-state index in [2.05, 4.69) is 24.1 Å². The summed E-state index contributed by atoms with van der Waals surface area (Å²) in [4.78, 5) is 15.5. The van der Waals surface area contributed by atoms with Gasteiger partial charge in [-0.1, -0.05) is 27.7 Å². The van der Waals surface area contributed by atoms with Crippen molar-refractivity contribution in [3.05, 3.63) is 23.4 Å². The molecule has 0 aliphatic carbocycles. The van der Waals surface area contributed by atoms with Crippen molar-refractivity contribution in [1.82, 2.24) is 4.98 Å². The van der Waals surface area contributed by atoms with Crippen molar-refractivity contribution in [1.29, 1.82) is 0 Å². The van der Waals surface area contributed by atoms with Gasteiger partial charge in [0.2, 0.25) is 0 Å². The molecule has 112 valence electrons. The SMILES string of the molecule is CC(C)COCCNc1cc(C(=O)O)cc(C(C)C)n1. The Kier molecular flexibility index (Phi) is 6.45. The summed E-state index contributed by atoms with van der Waals surface area (Å²) in [6.45, 7) is 10.1. The van der Waals surface area contributed by atoms with Crippen molar-refractivity contribution < 1.29 is 14.6 Å². The third-order valence-corrected chi connectivity index (χ3v) is 2.69. The molecule has 20 heavy (non-hydrogen) atoms. The van der Waals surface area contributed by atoms with Crippen molar-refractivity contribution in [3.8, 4) is 0 Å². The largest absolute Gasteiger partial charge is 0.478 e. The highest BCUT2D eigenvalue weighted by molar-refractivity contribution is 5.88. The van der Waals surface area contributed by atoms with Gasteiger partial charge in [0, 0.05) is 18.8 Å². The number of ether oxygens (including phenoxy) is 1. The van der Waals surface area contributed by atoms with E-state index in [1.54, 1.807) is 12.1 Å². The van der Waals surface area contributed by atoms with Crippen LogP contribution in [0.2, 0.25) is 0 Å². The van der Waals surface area contributed by atoms with Gasteiger partial charge in [-0.05, 0) is 24.0 Å². The molecule has 0 spiro atoms. The molecule has 0 bridgehead atoms. The standard InChI is InChI=1S/C15H24N2O3/c1-10(2)9-20-6-5-16-14-8-12(15(18)19)7-13(17-14)11(3)4/h7-8,10-11H,5-6,9H2,1-4H3,(H,16,17)(H,18,19). The molecule has 0 saturated heterocycles. The molecule has 0 unspecified atom stereocenters. The zero-order valence-corrected chi connectivity index (χ0v) is 12.6. The highest BCUT2D eigenvalue weighted by atomic mass is 16.5. The second-order valence-electron chi connectivity index (χ2n) is 5.52. The zero-order valence-electron chi connectivity index (χ0n) is 12.6. The zero-order chi connectivity index (χ0) is 15.1. The van der Waals surface area contributed by atoms with Gasteiger partial charge in [-0.2, -0.15) is 0 Å². The Morgan fingerprint density at radius 3 is 2.60 bits per heavy atom. The van der Waals surface area contributed by atoms with Crippen molar-refractivity contribution in [2.24, 2.45) is 5.92 Å². The molecule has 0 saturated carbocycles. The van der Waals surface area contributed by atoms with Crippen molar-refractivity contribution >= 4 is 11.8 Å². The van der Waals surface area contributed by atoms with E-state index >= 15 is 0 Å². The van der Waals surface area contributed by atoms with Crippen molar-refractivity contribution in [2.75, 3.05) is 25.1 Å². The molecule has 1 rings (SSSR count). The average Bonchev–Trinajstić information content (AvgIpc) is 2.37. The minimum atomic E-state index is -0.937. The quantitative estimate of drug-likeness (QED) is 0.716. The van der Waals surface area contributed by atoms with E-state index < -0.39 is 5.97 Å². The molecule has 0 radical (unpaired) electrons. The van der Waals surface area contributed by atoms with Gasteiger partial charge in [-0.25, -0.2) is 9.78 Å². The monoisotopic (exact) mass is 280 g/mol. The van der Waals surface area contributed by atoms with Gasteiger partial charge in [-0.15, -0.1) is 0 Å². The van der Waals surface area contributed by atoms with Gasteiger partial charge in [0.05, 0.1) is 12.2 Å². The lowest BCUT2D eigenvalue weighted by Gasteiger charge is -2.12. The molecule has 0 aliphatic heterocycles. The van der Waals surface area contributed by atoms with Crippen molar-refractivity contribution in [3.63, 3.8) is 0 Å². The van der Waals surface area contributed by atoms with E-state index in [1.165, 1.54) is 0 Å². The lowest BCUT2D eigenvalue weighted by atomic mass is 10.1. The fourth-order valence-electron chi connectivity index (χ4n) is 1.63. The molecule has 0 aliphatic rings. The Hall–Kier alpha value is -1.62. The number of carboxylic acids is 1. The molecule has 0 atom stereocenters. The average molecular weight is 280 g/mol. The minimum Gasteiger partial charge on any atom is -0.478 e. The van der Waals surface area contributed by atoms with Crippen LogP contribution in [-0.2, 0) is 4.74 Å². The highest BCUT2D eigenvalue weighted by Gasteiger charge is 2.10. The van der Waals surface area contributed by atoms with Crippen molar-refractivity contribution in [2.45, 2.75) is 33.6 Å². The van der Waals surface area contributed by atoms with Crippen LogP contribution in [0.3, 0.4) is 0 Å². The number of pyridine rings is 1. The summed E-state index contributed by atoms with van der Waals surface area (Å²) in [6, 6.07) is 3.17. The van der Waals surface area contributed by atoms with E-state index in [-0.39, 0.29) is 11.5 Å². The first-order valence-corrected chi connectivity index (χ1v) is 6.97. The summed E-state index contributed by atoms with van der Waals surface area (Å²) < 4.78 is 5.47. The normalized spacial score (nSPS) is 11.1. The number of hydrogen-bond acceptors (Lipinski definition) is 4. The van der Waals surface area contributed by atoms with Crippen LogP contribution in [0.25, 0.3) is 0 Å². The summed E-state index contributed by atoms with van der Waals surface area (Å²) in [5, 5.41) is 12.2. The Morgan fingerprint density at radius 1 is 1.35 bits per heavy atom. The van der Waals surface area contributed by atoms with Gasteiger partial charge in [0.1, 0.15) is 5.82 Å². The Balaban J connectivity index is 2.62. The number of nitrogens with zero attached hydrogens (tertiary/aromatic N) is 1. The third-order valence-electron chi connectivity index (χ3n) is 2.69. The minimum absolute atomic E-state index is 0.187. The first-order valence-electron chi connectivity index (χ1n) is 6.97. The molecular formula is C15H24N2O3. The fourth-order valence-corrected chi connectivity index (χ4v) is 1.63. The maximum absolute atomic E-state index is 11.1. The highest BCUT2D eigenvalue weighted by Crippen LogP contribution is 2.17. The second kappa shape index (κ2) is 7.85. The number of hydrogen-bond donors (Lipinski definition) is 2. The number of rotatable bonds is 8. The molecule has 1 aromatic rings. The number of aromatic nitrogens is 1. The first-order chi connectivity index (χ1) is 9.40. The smallest absolute Gasteiger partial charge is 0.335 e. The molecule has 1 aromatic heterocycles. The van der Waals surface area contributed by atoms with E-state index in [9.17, 15) is 4.79 Å². The van der Waals surface area contributed by atoms with Crippen LogP contribution in [0.15, 0.2) is 12.1 Å². The first kappa shape index (κ1) is 16.4. The fraction of sp³-hybridized carbons (Fsp3) is 0.600. The van der Waals surface area contributed by atoms with Crippen LogP contribution in [0.5, 0.6) is 0 Å². The number of nitrogens with one attached hydrogen (secondary N) is 1. The van der Waals surface area contributed by atoms with E-state index in [0.717, 1.165) is 12.3 Å². The predicted octanol–water partition coefficient (Wildman–Crippen LogP) is 2.99. The maximum Gasteiger partial charge on any atom is 0.335 e. The van der Waals surface area contributed by atoms with Gasteiger partial charge in [-0.3, -0.25) is 0 Å². The number of carbonyl (C=O) groups is 1. The predicted molar refractivity (Wildman–Crippen MR) is 79.4 cm³/mol. The summed E-state index contributed by atoms with van der Waals surface area (Å²) in [7, 11) is 0. The second-order valence-corrected chi connectivity index (χ2v) is 5.52. The Morgan fingerprint density at radius 2 is 2.05 bits per heavy atom. The molecule has 1 heterocycles. The number of carboxylic acid groups (broad SMARTS) is 1. The molecule has 5 nitrogen and oxygen atoms in total. The number of anilines is 1. The summed E-state index contributed by atoms with van der Waals surface area (Å²) in [5.41, 5.74) is 1.03. The van der Waals surface area contributed by atoms with Crippen LogP contribution in [0.1, 0.15) is 49.7 Å². The van der Waals surface area contributed by atoms with E-state index in [1.807, 2.05) is 13.8 Å². The summed E-state index contributed by atoms with van der Waals surface area (Å²) in [6.07, 6.45) is 0. The lowest BCUT2D eigenvalue weighted by molar-refractivity contribution is 0.0696. The van der Waals surface area contributed by atoms with Crippen LogP contribution in [-0.4, -0.2) is 35.8 Å². The maximum atomic E-state index is 11.1. The molecule has 0 fully saturated rings. The molecule has 0 aromatic carbocycles. The third kappa shape index (κ3) is 5.57. The molecule has 2 N–H and O–H groups in total. The lowest BCUT2D eigenvalue weighted by Crippen LogP contribution is -2.14. The van der Waals surface area contributed by atoms with Crippen LogP contribution in [0.4, 0.5) is 5.82 Å². The van der Waals surface area contributed by atoms with Crippen LogP contribution in [0, 0.1) is 5.92 Å². The topological polar surface area (TPSA) is 71.5 Å². The summed E-state index contributed by atoms with van der Waals surface area (Å²) >= 11 is 0. The van der Waals surface area contributed by atoms with Gasteiger partial charge < -0.3 is 15.2 Å². The number of aromatic carboxylic acids is 1. The van der Waals surface area contributed by atoms with Crippen LogP contribution < -0.4 is 5.32 Å². The van der Waals surface area contributed by atoms with Gasteiger partial charge >= 0.3 is 5.97 Å². The van der Waals surface area contributed by atoms with Gasteiger partial charge in [0.15, 0.2) is 0 Å². The molecule has 5 heteroatoms. The van der Waals surface area contributed by atoms with Gasteiger partial charge in [0.25, 0.3) is 0 Å². The Labute approximate surface area is 120 Å². The summed E-state index contributed by atoms with van der Waals surface area (Å²) in [5.74, 6) is 0.346. The molecular weight excluding hydrogens is 256 g/mol.